The SMILES string of the molecule is COCCCN1C(=O)C2C(C(=O)Nc3cc(Cl)cc(Cl)c3)C3C=CC2(O3)C1C(=O)NC1CCCCC1. The second kappa shape index (κ2) is 10.3. The van der Waals surface area contributed by atoms with E-state index in [0.29, 0.717) is 35.3 Å². The highest BCUT2D eigenvalue weighted by Crippen LogP contribution is 2.55. The number of rotatable bonds is 8. The van der Waals surface area contributed by atoms with Crippen LogP contribution in [0, 0.1) is 11.8 Å². The maximum Gasteiger partial charge on any atom is 0.246 e. The summed E-state index contributed by atoms with van der Waals surface area (Å²) in [6, 6.07) is 4.02. The number of ether oxygens (including phenoxy) is 2. The summed E-state index contributed by atoms with van der Waals surface area (Å²) in [7, 11) is 1.60. The van der Waals surface area contributed by atoms with Crippen molar-refractivity contribution in [1.29, 1.82) is 0 Å². The molecule has 1 aromatic rings. The van der Waals surface area contributed by atoms with Gasteiger partial charge in [-0.3, -0.25) is 14.4 Å². The van der Waals surface area contributed by atoms with Gasteiger partial charge in [0.25, 0.3) is 0 Å². The van der Waals surface area contributed by atoms with Gasteiger partial charge in [-0.05, 0) is 37.5 Å². The lowest BCUT2D eigenvalue weighted by atomic mass is 9.74. The van der Waals surface area contributed by atoms with E-state index in [9.17, 15) is 14.4 Å². The standard InChI is InChI=1S/C26H31Cl2N3O5/c1-35-11-5-10-31-22(24(33)29-17-6-3-2-4-7-17)26-9-8-19(36-26)20(21(26)25(31)34)23(32)30-18-13-15(27)12-16(28)14-18/h8-9,12-14,17,19-22H,2-7,10-11H2,1H3,(H,29,33)(H,30,32). The molecule has 10 heteroatoms. The molecule has 8 nitrogen and oxygen atoms in total. The fourth-order valence-corrected chi connectivity index (χ4v) is 6.79. The van der Waals surface area contributed by atoms with Crippen molar-refractivity contribution in [3.8, 4) is 0 Å². The molecule has 1 aromatic carbocycles. The maximum atomic E-state index is 13.8. The average molecular weight is 536 g/mol. The molecule has 3 fully saturated rings. The molecule has 4 aliphatic rings. The Labute approximate surface area is 220 Å². The molecule has 2 saturated heterocycles. The van der Waals surface area contributed by atoms with Crippen LogP contribution in [-0.2, 0) is 23.9 Å². The lowest BCUT2D eigenvalue weighted by Crippen LogP contribution is -2.56. The number of anilines is 1. The van der Waals surface area contributed by atoms with E-state index in [0.717, 1.165) is 25.7 Å². The van der Waals surface area contributed by atoms with Gasteiger partial charge in [0.15, 0.2) is 0 Å². The highest BCUT2D eigenvalue weighted by atomic mass is 35.5. The molecular formula is C26H31Cl2N3O5. The van der Waals surface area contributed by atoms with Crippen LogP contribution in [0.5, 0.6) is 0 Å². The first-order valence-corrected chi connectivity index (χ1v) is 13.3. The zero-order valence-corrected chi connectivity index (χ0v) is 21.7. The minimum absolute atomic E-state index is 0.0897. The van der Waals surface area contributed by atoms with Crippen LogP contribution in [0.25, 0.3) is 0 Å². The first kappa shape index (κ1) is 25.5. The predicted octanol–water partition coefficient (Wildman–Crippen LogP) is 3.57. The van der Waals surface area contributed by atoms with Crippen LogP contribution in [0.2, 0.25) is 10.0 Å². The number of halogens is 2. The lowest BCUT2D eigenvalue weighted by molar-refractivity contribution is -0.141. The molecule has 3 aliphatic heterocycles. The number of hydrogen-bond acceptors (Lipinski definition) is 5. The van der Waals surface area contributed by atoms with E-state index in [4.69, 9.17) is 32.7 Å². The number of benzene rings is 1. The van der Waals surface area contributed by atoms with Gasteiger partial charge in [0.05, 0.1) is 17.9 Å². The van der Waals surface area contributed by atoms with Crippen molar-refractivity contribution in [3.63, 3.8) is 0 Å². The number of fused-ring (bicyclic) bond motifs is 1. The van der Waals surface area contributed by atoms with Crippen LogP contribution in [0.15, 0.2) is 30.4 Å². The first-order valence-electron chi connectivity index (χ1n) is 12.6. The highest BCUT2D eigenvalue weighted by Gasteiger charge is 2.72. The molecule has 3 amide bonds. The Hall–Kier alpha value is -2.13. The molecule has 194 valence electrons. The molecule has 2 N–H and O–H groups in total. The van der Waals surface area contributed by atoms with E-state index in [2.05, 4.69) is 10.6 Å². The molecule has 5 unspecified atom stereocenters. The van der Waals surface area contributed by atoms with Gasteiger partial charge in [0.1, 0.15) is 11.6 Å². The van der Waals surface area contributed by atoms with E-state index >= 15 is 0 Å². The Morgan fingerprint density at radius 3 is 2.56 bits per heavy atom. The van der Waals surface area contributed by atoms with Crippen molar-refractivity contribution in [2.45, 2.75) is 62.3 Å². The largest absolute Gasteiger partial charge is 0.385 e. The van der Waals surface area contributed by atoms with E-state index in [1.807, 2.05) is 6.08 Å². The number of methoxy groups -OCH3 is 1. The fourth-order valence-electron chi connectivity index (χ4n) is 6.27. The average Bonchev–Trinajstić information content (AvgIpc) is 3.47. The Balaban J connectivity index is 1.42. The van der Waals surface area contributed by atoms with Crippen LogP contribution in [0.3, 0.4) is 0 Å². The van der Waals surface area contributed by atoms with Gasteiger partial charge in [-0.15, -0.1) is 0 Å². The summed E-state index contributed by atoms with van der Waals surface area (Å²) in [5.74, 6) is -2.41. The van der Waals surface area contributed by atoms with Crippen molar-refractivity contribution < 1.29 is 23.9 Å². The van der Waals surface area contributed by atoms with Crippen molar-refractivity contribution in [1.82, 2.24) is 10.2 Å². The molecule has 1 saturated carbocycles. The summed E-state index contributed by atoms with van der Waals surface area (Å²) in [5.41, 5.74) is -0.742. The minimum Gasteiger partial charge on any atom is -0.385 e. The summed E-state index contributed by atoms with van der Waals surface area (Å²) in [6.07, 6.45) is 8.79. The normalized spacial score (nSPS) is 31.1. The number of likely N-dealkylation sites (tertiary alicyclic amines) is 1. The Bertz CT molecular complexity index is 1060. The maximum absolute atomic E-state index is 13.8. The zero-order valence-electron chi connectivity index (χ0n) is 20.2. The number of carbonyl (C=O) groups is 3. The molecule has 0 radical (unpaired) electrons. The Morgan fingerprint density at radius 1 is 1.14 bits per heavy atom. The molecule has 1 spiro atoms. The summed E-state index contributed by atoms with van der Waals surface area (Å²) in [5, 5.41) is 6.80. The number of hydrogen-bond donors (Lipinski definition) is 2. The molecule has 5 atom stereocenters. The van der Waals surface area contributed by atoms with Crippen LogP contribution in [0.1, 0.15) is 38.5 Å². The molecule has 36 heavy (non-hydrogen) atoms. The second-order valence-corrected chi connectivity index (χ2v) is 10.9. The number of nitrogens with one attached hydrogen (secondary N) is 2. The minimum atomic E-state index is -1.18. The summed E-state index contributed by atoms with van der Waals surface area (Å²) >= 11 is 12.2. The van der Waals surface area contributed by atoms with Crippen LogP contribution >= 0.6 is 23.2 Å². The van der Waals surface area contributed by atoms with Crippen LogP contribution in [-0.4, -0.2) is 66.7 Å². The number of nitrogens with zero attached hydrogens (tertiary/aromatic N) is 1. The van der Waals surface area contributed by atoms with Gasteiger partial charge in [-0.25, -0.2) is 0 Å². The molecule has 1 aliphatic carbocycles. The third kappa shape index (κ3) is 4.53. The summed E-state index contributed by atoms with van der Waals surface area (Å²) in [6.45, 7) is 0.797. The van der Waals surface area contributed by atoms with Crippen LogP contribution in [0.4, 0.5) is 5.69 Å². The van der Waals surface area contributed by atoms with E-state index in [1.165, 1.54) is 6.42 Å². The van der Waals surface area contributed by atoms with E-state index in [1.54, 1.807) is 36.3 Å². The van der Waals surface area contributed by atoms with Gasteiger partial charge in [-0.1, -0.05) is 54.6 Å². The quantitative estimate of drug-likeness (QED) is 0.391. The molecular weight excluding hydrogens is 505 g/mol. The predicted molar refractivity (Wildman–Crippen MR) is 136 cm³/mol. The zero-order chi connectivity index (χ0) is 25.4. The molecule has 2 bridgehead atoms. The van der Waals surface area contributed by atoms with Gasteiger partial charge in [-0.2, -0.15) is 0 Å². The molecule has 5 rings (SSSR count). The third-order valence-electron chi connectivity index (χ3n) is 7.75. The number of amides is 3. The highest BCUT2D eigenvalue weighted by molar-refractivity contribution is 6.35. The number of carbonyl (C=O) groups excluding carboxylic acids is 3. The van der Waals surface area contributed by atoms with Gasteiger partial charge < -0.3 is 25.0 Å². The monoisotopic (exact) mass is 535 g/mol. The smallest absolute Gasteiger partial charge is 0.246 e. The topological polar surface area (TPSA) is 97.0 Å². The van der Waals surface area contributed by atoms with E-state index < -0.39 is 29.6 Å². The lowest BCUT2D eigenvalue weighted by Gasteiger charge is -2.34. The first-order chi connectivity index (χ1) is 17.3. The van der Waals surface area contributed by atoms with Crippen molar-refractivity contribution >= 4 is 46.6 Å². The van der Waals surface area contributed by atoms with E-state index in [-0.39, 0.29) is 23.8 Å². The third-order valence-corrected chi connectivity index (χ3v) is 8.19. The van der Waals surface area contributed by atoms with Gasteiger partial charge >= 0.3 is 0 Å². The fraction of sp³-hybridized carbons (Fsp3) is 0.577. The summed E-state index contributed by atoms with van der Waals surface area (Å²) in [4.78, 5) is 42.6. The van der Waals surface area contributed by atoms with Crippen molar-refractivity contribution in [3.05, 3.63) is 40.4 Å². The van der Waals surface area contributed by atoms with Gasteiger partial charge in [0, 0.05) is 42.0 Å². The molecule has 0 aromatic heterocycles. The Kier molecular flexibility index (Phi) is 7.32. The van der Waals surface area contributed by atoms with Gasteiger partial charge in [0.2, 0.25) is 17.7 Å². The molecule has 3 heterocycles. The second-order valence-electron chi connectivity index (χ2n) is 10.1. The van der Waals surface area contributed by atoms with Crippen LogP contribution < -0.4 is 10.6 Å². The van der Waals surface area contributed by atoms with Crippen molar-refractivity contribution in [2.75, 3.05) is 25.6 Å². The van der Waals surface area contributed by atoms with Crippen molar-refractivity contribution in [2.24, 2.45) is 11.8 Å². The summed E-state index contributed by atoms with van der Waals surface area (Å²) < 4.78 is 11.5. The Morgan fingerprint density at radius 2 is 1.86 bits per heavy atom.